The van der Waals surface area contributed by atoms with Crippen LogP contribution < -0.4 is 0 Å². The van der Waals surface area contributed by atoms with Crippen molar-refractivity contribution in [2.24, 2.45) is 0 Å². The monoisotopic (exact) mass is 184 g/mol. The van der Waals surface area contributed by atoms with Crippen LogP contribution in [0.2, 0.25) is 0 Å². The minimum absolute atomic E-state index is 0.199. The maximum atomic E-state index is 9.94. The van der Waals surface area contributed by atoms with Crippen LogP contribution in [0, 0.1) is 0 Å². The van der Waals surface area contributed by atoms with E-state index in [2.05, 4.69) is 18.6 Å². The van der Waals surface area contributed by atoms with Crippen LogP contribution in [-0.2, 0) is 14.3 Å². The van der Waals surface area contributed by atoms with Gasteiger partial charge in [0.05, 0.1) is 17.8 Å². The van der Waals surface area contributed by atoms with Crippen LogP contribution in [-0.4, -0.2) is 18.2 Å². The second-order valence-electron chi connectivity index (χ2n) is 3.24. The molecule has 0 aliphatic carbocycles. The van der Waals surface area contributed by atoms with Crippen LogP contribution >= 0.6 is 0 Å². The van der Waals surface area contributed by atoms with Gasteiger partial charge in [0, 0.05) is 0 Å². The number of hydrogen-bond acceptors (Lipinski definition) is 3. The summed E-state index contributed by atoms with van der Waals surface area (Å²) in [6.07, 6.45) is 5.05. The Morgan fingerprint density at radius 3 is 1.85 bits per heavy atom. The summed E-state index contributed by atoms with van der Waals surface area (Å²) in [4.78, 5) is 9.94. The summed E-state index contributed by atoms with van der Waals surface area (Å²) >= 11 is 0. The van der Waals surface area contributed by atoms with E-state index in [0.717, 1.165) is 0 Å². The molecule has 2 heterocycles. The first-order chi connectivity index (χ1) is 6.19. The van der Waals surface area contributed by atoms with Crippen LogP contribution in [0.3, 0.4) is 0 Å². The average molecular weight is 184 g/mol. The number of hydrogen-bond donors (Lipinski definition) is 0. The Labute approximate surface area is 78.7 Å². The van der Waals surface area contributed by atoms with E-state index in [9.17, 15) is 4.79 Å². The van der Waals surface area contributed by atoms with Gasteiger partial charge in [0.15, 0.2) is 0 Å². The van der Waals surface area contributed by atoms with Crippen molar-refractivity contribution in [1.82, 2.24) is 0 Å². The largest absolute Gasteiger partial charge is 0.430 e. The number of esters is 1. The maximum Gasteiger partial charge on any atom is 0.341 e. The Hall–Kier alpha value is -0.830. The van der Waals surface area contributed by atoms with Crippen LogP contribution in [0.5, 0.6) is 0 Å². The normalized spacial score (nSPS) is 29.2. The summed E-state index contributed by atoms with van der Waals surface area (Å²) in [6.45, 7) is 6.05. The summed E-state index contributed by atoms with van der Waals surface area (Å²) in [5.74, 6) is -0.199. The molecule has 0 saturated carbocycles. The molecular weight excluding hydrogens is 168 g/mol. The average Bonchev–Trinajstić information content (AvgIpc) is 2.94. The molecule has 0 amide bonds. The van der Waals surface area contributed by atoms with Gasteiger partial charge in [-0.15, -0.1) is 0 Å². The minimum Gasteiger partial charge on any atom is -0.430 e. The van der Waals surface area contributed by atoms with Gasteiger partial charge in [-0.25, -0.2) is 4.79 Å². The lowest BCUT2D eigenvalue weighted by Gasteiger charge is -2.05. The molecule has 13 heavy (non-hydrogen) atoms. The molecule has 2 aliphatic heterocycles. The molecule has 0 bridgehead atoms. The predicted molar refractivity (Wildman–Crippen MR) is 49.1 cm³/mol. The van der Waals surface area contributed by atoms with E-state index in [1.807, 2.05) is 0 Å². The molecule has 2 unspecified atom stereocenters. The molecule has 2 rings (SSSR count). The first-order valence-corrected chi connectivity index (χ1v) is 4.72. The highest BCUT2D eigenvalue weighted by molar-refractivity contribution is 5.92. The van der Waals surface area contributed by atoms with E-state index in [-0.39, 0.29) is 5.97 Å². The Morgan fingerprint density at radius 2 is 1.77 bits per heavy atom. The van der Waals surface area contributed by atoms with Gasteiger partial charge in [0.2, 0.25) is 0 Å². The summed E-state index contributed by atoms with van der Waals surface area (Å²) < 4.78 is 9.46. The molecule has 0 aromatic heterocycles. The molecule has 0 aromatic carbocycles. The van der Waals surface area contributed by atoms with Crippen LogP contribution in [0.15, 0.2) is 11.8 Å². The van der Waals surface area contributed by atoms with Crippen molar-refractivity contribution in [1.29, 1.82) is 0 Å². The van der Waals surface area contributed by atoms with Crippen LogP contribution in [0.25, 0.3) is 0 Å². The third kappa shape index (κ3) is 2.84. The number of carbonyl (C=O) groups is 1. The number of ether oxygens (including phenoxy) is 2. The molecule has 3 heteroatoms. The molecule has 0 spiro atoms. The second-order valence-corrected chi connectivity index (χ2v) is 3.24. The van der Waals surface area contributed by atoms with Gasteiger partial charge in [-0.3, -0.25) is 0 Å². The van der Waals surface area contributed by atoms with E-state index in [0.29, 0.717) is 17.8 Å². The van der Waals surface area contributed by atoms with E-state index >= 15 is 0 Å². The lowest BCUT2D eigenvalue weighted by Crippen LogP contribution is -2.10. The standard InChI is InChI=1S/C6H12O.C4H4O2/c1-3-5-6(4-2)7-5;1-3-2-6-4(3)5/h5-6H,3-4H2,1-2H3;2H,1H3. The molecule has 0 aromatic rings. The highest BCUT2D eigenvalue weighted by Gasteiger charge is 2.34. The fraction of sp³-hybridized carbons (Fsp3) is 0.700. The second kappa shape index (κ2) is 4.42. The zero-order valence-corrected chi connectivity index (χ0v) is 8.37. The Kier molecular flexibility index (Phi) is 3.48. The number of epoxide rings is 1. The van der Waals surface area contributed by atoms with Crippen molar-refractivity contribution in [3.05, 3.63) is 11.8 Å². The van der Waals surface area contributed by atoms with Crippen LogP contribution in [0.1, 0.15) is 33.6 Å². The van der Waals surface area contributed by atoms with E-state index in [4.69, 9.17) is 4.74 Å². The van der Waals surface area contributed by atoms with Crippen molar-refractivity contribution in [3.63, 3.8) is 0 Å². The molecular formula is C10H16O3. The first kappa shape index (κ1) is 10.3. The van der Waals surface area contributed by atoms with Gasteiger partial charge in [-0.05, 0) is 19.8 Å². The predicted octanol–water partition coefficient (Wildman–Crippen LogP) is 2.02. The number of carbonyl (C=O) groups excluding carboxylic acids is 1. The Morgan fingerprint density at radius 1 is 1.31 bits per heavy atom. The van der Waals surface area contributed by atoms with E-state index in [1.165, 1.54) is 19.1 Å². The molecule has 1 fully saturated rings. The van der Waals surface area contributed by atoms with E-state index in [1.54, 1.807) is 6.92 Å². The molecule has 0 N–H and O–H groups in total. The lowest BCUT2D eigenvalue weighted by molar-refractivity contribution is -0.138. The zero-order chi connectivity index (χ0) is 9.84. The highest BCUT2D eigenvalue weighted by Crippen LogP contribution is 2.26. The number of cyclic esters (lactones) is 1. The van der Waals surface area contributed by atoms with Crippen molar-refractivity contribution in [2.45, 2.75) is 45.8 Å². The quantitative estimate of drug-likeness (QED) is 0.487. The van der Waals surface area contributed by atoms with Crippen LogP contribution in [0.4, 0.5) is 0 Å². The SMILES string of the molecule is CC1=COC1=O.CCC1OC1CC. The zero-order valence-electron chi connectivity index (χ0n) is 8.37. The molecule has 2 atom stereocenters. The molecule has 2 aliphatic rings. The summed E-state index contributed by atoms with van der Waals surface area (Å²) in [5, 5.41) is 0. The van der Waals surface area contributed by atoms with Gasteiger partial charge in [-0.2, -0.15) is 0 Å². The van der Waals surface area contributed by atoms with Crippen molar-refractivity contribution >= 4 is 5.97 Å². The smallest absolute Gasteiger partial charge is 0.341 e. The Bertz CT molecular complexity index is 212. The number of rotatable bonds is 2. The third-order valence-corrected chi connectivity index (χ3v) is 2.16. The Balaban J connectivity index is 0.000000132. The molecule has 1 saturated heterocycles. The van der Waals surface area contributed by atoms with Gasteiger partial charge in [0.25, 0.3) is 0 Å². The van der Waals surface area contributed by atoms with Gasteiger partial charge >= 0.3 is 5.97 Å². The third-order valence-electron chi connectivity index (χ3n) is 2.16. The highest BCUT2D eigenvalue weighted by atomic mass is 16.6. The maximum absolute atomic E-state index is 9.94. The fourth-order valence-corrected chi connectivity index (χ4v) is 1.12. The van der Waals surface area contributed by atoms with Crippen molar-refractivity contribution < 1.29 is 14.3 Å². The topological polar surface area (TPSA) is 38.8 Å². The van der Waals surface area contributed by atoms with Gasteiger partial charge in [0.1, 0.15) is 6.26 Å². The van der Waals surface area contributed by atoms with Gasteiger partial charge in [-0.1, -0.05) is 13.8 Å². The fourth-order valence-electron chi connectivity index (χ4n) is 1.12. The molecule has 74 valence electrons. The molecule has 3 nitrogen and oxygen atoms in total. The molecule has 0 radical (unpaired) electrons. The summed E-state index contributed by atoms with van der Waals surface area (Å²) in [6, 6.07) is 0. The minimum atomic E-state index is -0.199. The van der Waals surface area contributed by atoms with E-state index < -0.39 is 0 Å². The first-order valence-electron chi connectivity index (χ1n) is 4.72. The van der Waals surface area contributed by atoms with Crippen molar-refractivity contribution in [3.8, 4) is 0 Å². The van der Waals surface area contributed by atoms with Gasteiger partial charge < -0.3 is 9.47 Å². The van der Waals surface area contributed by atoms with Crippen molar-refractivity contribution in [2.75, 3.05) is 0 Å². The summed E-state index contributed by atoms with van der Waals surface area (Å²) in [7, 11) is 0. The lowest BCUT2D eigenvalue weighted by atomic mass is 10.2. The summed E-state index contributed by atoms with van der Waals surface area (Å²) in [5.41, 5.74) is 0.704.